The first-order valence-electron chi connectivity index (χ1n) is 7.03. The van der Waals surface area contributed by atoms with Crippen LogP contribution < -0.4 is 10.2 Å². The molecule has 5 heteroatoms. The van der Waals surface area contributed by atoms with E-state index < -0.39 is 11.6 Å². The highest BCUT2D eigenvalue weighted by molar-refractivity contribution is 5.51. The van der Waals surface area contributed by atoms with Crippen molar-refractivity contribution in [3.63, 3.8) is 0 Å². The van der Waals surface area contributed by atoms with Crippen LogP contribution in [0.3, 0.4) is 0 Å². The fourth-order valence-corrected chi connectivity index (χ4v) is 2.81. The fourth-order valence-electron chi connectivity index (χ4n) is 2.81. The number of hydrogen-bond acceptors (Lipinski definition) is 3. The van der Waals surface area contributed by atoms with Gasteiger partial charge >= 0.3 is 0 Å². The second-order valence-corrected chi connectivity index (χ2v) is 5.71. The summed E-state index contributed by atoms with van der Waals surface area (Å²) in [5.41, 5.74) is 0.734. The minimum atomic E-state index is -0.473. The van der Waals surface area contributed by atoms with Gasteiger partial charge in [-0.05, 0) is 45.6 Å². The Morgan fingerprint density at radius 3 is 2.10 bits per heavy atom. The number of rotatable bonds is 3. The third-order valence-corrected chi connectivity index (χ3v) is 4.13. The molecular formula is C15H23F2N3. The summed E-state index contributed by atoms with van der Waals surface area (Å²) < 4.78 is 28.5. The number of piperazine rings is 1. The lowest BCUT2D eigenvalue weighted by atomic mass is 10.1. The zero-order chi connectivity index (χ0) is 14.9. The molecule has 0 radical (unpaired) electrons. The molecule has 1 N–H and O–H groups in total. The lowest BCUT2D eigenvalue weighted by Gasteiger charge is -2.43. The molecule has 0 bridgehead atoms. The minimum Gasteiger partial charge on any atom is -0.364 e. The molecule has 1 aliphatic rings. The standard InChI is InChI=1S/C15H23F2N3/c1-10-8-20(9-11(2)19(10)4)15-13(16)5-12(7-18-3)6-14(15)17/h5-6,10-11,18H,7-9H2,1-4H3. The van der Waals surface area contributed by atoms with Gasteiger partial charge in [0.1, 0.15) is 17.3 Å². The molecule has 3 nitrogen and oxygen atoms in total. The first kappa shape index (κ1) is 15.2. The number of likely N-dealkylation sites (N-methyl/N-ethyl adjacent to an activating group) is 1. The molecular weight excluding hydrogens is 260 g/mol. The number of nitrogens with zero attached hydrogens (tertiary/aromatic N) is 2. The maximum Gasteiger partial charge on any atom is 0.149 e. The topological polar surface area (TPSA) is 18.5 Å². The number of nitrogens with one attached hydrogen (secondary N) is 1. The number of anilines is 1. The van der Waals surface area contributed by atoms with Crippen LogP contribution in [0.25, 0.3) is 0 Å². The highest BCUT2D eigenvalue weighted by Gasteiger charge is 2.29. The molecule has 1 aliphatic heterocycles. The SMILES string of the molecule is CNCc1cc(F)c(N2CC(C)N(C)C(C)C2)c(F)c1. The molecule has 2 rings (SSSR count). The van der Waals surface area contributed by atoms with E-state index in [0.717, 1.165) is 0 Å². The summed E-state index contributed by atoms with van der Waals surface area (Å²) in [7, 11) is 3.81. The molecule has 112 valence electrons. The number of halogens is 2. The Morgan fingerprint density at radius 1 is 1.15 bits per heavy atom. The van der Waals surface area contributed by atoms with Crippen molar-refractivity contribution < 1.29 is 8.78 Å². The van der Waals surface area contributed by atoms with Crippen molar-refractivity contribution in [2.24, 2.45) is 0 Å². The van der Waals surface area contributed by atoms with E-state index in [1.165, 1.54) is 12.1 Å². The third-order valence-electron chi connectivity index (χ3n) is 4.13. The van der Waals surface area contributed by atoms with E-state index in [1.54, 1.807) is 7.05 Å². The largest absolute Gasteiger partial charge is 0.364 e. The minimum absolute atomic E-state index is 0.108. The van der Waals surface area contributed by atoms with E-state index in [9.17, 15) is 8.78 Å². The van der Waals surface area contributed by atoms with Gasteiger partial charge in [0, 0.05) is 31.7 Å². The summed E-state index contributed by atoms with van der Waals surface area (Å²) in [6, 6.07) is 3.38. The summed E-state index contributed by atoms with van der Waals surface area (Å²) in [4.78, 5) is 4.06. The Balaban J connectivity index is 2.29. The molecule has 20 heavy (non-hydrogen) atoms. The molecule has 0 aromatic heterocycles. The van der Waals surface area contributed by atoms with Crippen LogP contribution in [0, 0.1) is 11.6 Å². The van der Waals surface area contributed by atoms with Gasteiger partial charge in [0.15, 0.2) is 0 Å². The third kappa shape index (κ3) is 2.94. The second kappa shape index (κ2) is 6.06. The molecule has 1 aromatic rings. The van der Waals surface area contributed by atoms with Crippen LogP contribution in [-0.4, -0.2) is 44.2 Å². The van der Waals surface area contributed by atoms with Gasteiger partial charge in [0.2, 0.25) is 0 Å². The van der Waals surface area contributed by atoms with E-state index in [2.05, 4.69) is 31.1 Å². The summed E-state index contributed by atoms with van der Waals surface area (Å²) >= 11 is 0. The smallest absolute Gasteiger partial charge is 0.149 e. The average molecular weight is 283 g/mol. The lowest BCUT2D eigenvalue weighted by Crippen LogP contribution is -2.55. The Hall–Kier alpha value is -1.20. The summed E-state index contributed by atoms with van der Waals surface area (Å²) in [6.45, 7) is 5.89. The van der Waals surface area contributed by atoms with Gasteiger partial charge < -0.3 is 10.2 Å². The highest BCUT2D eigenvalue weighted by Crippen LogP contribution is 2.28. The zero-order valence-corrected chi connectivity index (χ0v) is 12.6. The van der Waals surface area contributed by atoms with E-state index >= 15 is 0 Å². The first-order chi connectivity index (χ1) is 9.43. The molecule has 2 atom stereocenters. The van der Waals surface area contributed by atoms with Crippen LogP contribution in [0.2, 0.25) is 0 Å². The molecule has 0 aliphatic carbocycles. The van der Waals surface area contributed by atoms with Crippen LogP contribution in [0.5, 0.6) is 0 Å². The molecule has 0 spiro atoms. The highest BCUT2D eigenvalue weighted by atomic mass is 19.1. The predicted octanol–water partition coefficient (Wildman–Crippen LogP) is 2.21. The second-order valence-electron chi connectivity index (χ2n) is 5.71. The Bertz CT molecular complexity index is 443. The fraction of sp³-hybridized carbons (Fsp3) is 0.600. The average Bonchev–Trinajstić information content (AvgIpc) is 2.35. The van der Waals surface area contributed by atoms with Crippen molar-refractivity contribution in [1.82, 2.24) is 10.2 Å². The van der Waals surface area contributed by atoms with E-state index in [1.807, 2.05) is 4.90 Å². The zero-order valence-electron chi connectivity index (χ0n) is 12.6. The molecule has 1 aromatic carbocycles. The van der Waals surface area contributed by atoms with Crippen LogP contribution in [0.4, 0.5) is 14.5 Å². The lowest BCUT2D eigenvalue weighted by molar-refractivity contribution is 0.169. The van der Waals surface area contributed by atoms with Gasteiger partial charge in [0.25, 0.3) is 0 Å². The normalized spacial score (nSPS) is 24.2. The maximum atomic E-state index is 14.2. The quantitative estimate of drug-likeness (QED) is 0.917. The van der Waals surface area contributed by atoms with Crippen molar-refractivity contribution in [1.29, 1.82) is 0 Å². The molecule has 0 saturated carbocycles. The van der Waals surface area contributed by atoms with Crippen LogP contribution in [0.15, 0.2) is 12.1 Å². The van der Waals surface area contributed by atoms with Crippen molar-refractivity contribution in [3.05, 3.63) is 29.3 Å². The van der Waals surface area contributed by atoms with Crippen LogP contribution in [0.1, 0.15) is 19.4 Å². The van der Waals surface area contributed by atoms with Gasteiger partial charge in [0.05, 0.1) is 0 Å². The van der Waals surface area contributed by atoms with E-state index in [-0.39, 0.29) is 17.8 Å². The van der Waals surface area contributed by atoms with Gasteiger partial charge in [-0.15, -0.1) is 0 Å². The number of benzene rings is 1. The van der Waals surface area contributed by atoms with Gasteiger partial charge in [-0.1, -0.05) is 0 Å². The summed E-state index contributed by atoms with van der Waals surface area (Å²) in [5, 5.41) is 2.90. The molecule has 0 amide bonds. The van der Waals surface area contributed by atoms with E-state index in [0.29, 0.717) is 25.2 Å². The van der Waals surface area contributed by atoms with Crippen molar-refractivity contribution in [3.8, 4) is 0 Å². The van der Waals surface area contributed by atoms with E-state index in [4.69, 9.17) is 0 Å². The van der Waals surface area contributed by atoms with Gasteiger partial charge in [-0.25, -0.2) is 8.78 Å². The number of hydrogen-bond donors (Lipinski definition) is 1. The molecule has 1 fully saturated rings. The Labute approximate surface area is 119 Å². The van der Waals surface area contributed by atoms with Crippen molar-refractivity contribution in [2.45, 2.75) is 32.5 Å². The van der Waals surface area contributed by atoms with Crippen molar-refractivity contribution >= 4 is 5.69 Å². The molecule has 2 unspecified atom stereocenters. The maximum absolute atomic E-state index is 14.2. The predicted molar refractivity (Wildman–Crippen MR) is 78.0 cm³/mol. The molecule has 1 saturated heterocycles. The first-order valence-corrected chi connectivity index (χ1v) is 7.03. The Morgan fingerprint density at radius 2 is 1.65 bits per heavy atom. The Kier molecular flexibility index (Phi) is 4.60. The van der Waals surface area contributed by atoms with Gasteiger partial charge in [-0.2, -0.15) is 0 Å². The van der Waals surface area contributed by atoms with Crippen LogP contribution >= 0.6 is 0 Å². The van der Waals surface area contributed by atoms with Gasteiger partial charge in [-0.3, -0.25) is 4.90 Å². The molecule has 1 heterocycles. The monoisotopic (exact) mass is 283 g/mol. The van der Waals surface area contributed by atoms with Crippen molar-refractivity contribution in [2.75, 3.05) is 32.1 Å². The summed E-state index contributed by atoms with van der Waals surface area (Å²) in [6.07, 6.45) is 0. The van der Waals surface area contributed by atoms with Crippen LogP contribution in [-0.2, 0) is 6.54 Å². The summed E-state index contributed by atoms with van der Waals surface area (Å²) in [5.74, 6) is -0.946.